The molecular formula is C12H15FO. The van der Waals surface area contributed by atoms with E-state index in [0.717, 1.165) is 12.0 Å². The first kappa shape index (κ1) is 10.9. The summed E-state index contributed by atoms with van der Waals surface area (Å²) in [6.07, 6.45) is 0.842. The Kier molecular flexibility index (Phi) is 3.39. The summed E-state index contributed by atoms with van der Waals surface area (Å²) >= 11 is 0. The zero-order chi connectivity index (χ0) is 10.7. The van der Waals surface area contributed by atoms with E-state index < -0.39 is 5.82 Å². The first-order valence-electron chi connectivity index (χ1n) is 4.80. The van der Waals surface area contributed by atoms with Gasteiger partial charge in [-0.2, -0.15) is 0 Å². The van der Waals surface area contributed by atoms with Gasteiger partial charge in [-0.25, -0.2) is 4.39 Å². The highest BCUT2D eigenvalue weighted by molar-refractivity contribution is 5.94. The van der Waals surface area contributed by atoms with Gasteiger partial charge in [0.2, 0.25) is 0 Å². The molecule has 0 amide bonds. The standard InChI is InChI=1S/C12H15FO/c1-8(2)6-10-4-5-11(9(3)14)12(13)7-10/h4-5,7-8H,6H2,1-3H3. The van der Waals surface area contributed by atoms with Crippen LogP contribution in [0.4, 0.5) is 4.39 Å². The molecule has 76 valence electrons. The number of hydrogen-bond donors (Lipinski definition) is 0. The van der Waals surface area contributed by atoms with E-state index in [1.807, 2.05) is 6.07 Å². The van der Waals surface area contributed by atoms with Crippen molar-refractivity contribution in [1.82, 2.24) is 0 Å². The summed E-state index contributed by atoms with van der Waals surface area (Å²) < 4.78 is 13.3. The minimum Gasteiger partial charge on any atom is -0.294 e. The molecule has 14 heavy (non-hydrogen) atoms. The van der Waals surface area contributed by atoms with E-state index in [2.05, 4.69) is 13.8 Å². The first-order valence-corrected chi connectivity index (χ1v) is 4.80. The van der Waals surface area contributed by atoms with Gasteiger partial charge in [0, 0.05) is 0 Å². The molecule has 0 heterocycles. The molecule has 0 spiro atoms. The molecule has 1 rings (SSSR count). The van der Waals surface area contributed by atoms with Gasteiger partial charge in [-0.1, -0.05) is 19.9 Å². The van der Waals surface area contributed by atoms with Crippen molar-refractivity contribution in [1.29, 1.82) is 0 Å². The van der Waals surface area contributed by atoms with Crippen LogP contribution in [0, 0.1) is 11.7 Å². The average molecular weight is 194 g/mol. The molecule has 0 aromatic heterocycles. The van der Waals surface area contributed by atoms with Crippen molar-refractivity contribution in [2.45, 2.75) is 27.2 Å². The number of ketones is 1. The Bertz CT molecular complexity index is 342. The zero-order valence-corrected chi connectivity index (χ0v) is 8.80. The van der Waals surface area contributed by atoms with Crippen molar-refractivity contribution >= 4 is 5.78 Å². The molecular weight excluding hydrogens is 179 g/mol. The van der Waals surface area contributed by atoms with Crippen molar-refractivity contribution in [3.63, 3.8) is 0 Å². The summed E-state index contributed by atoms with van der Waals surface area (Å²) in [6, 6.07) is 4.84. The molecule has 0 saturated carbocycles. The smallest absolute Gasteiger partial charge is 0.162 e. The van der Waals surface area contributed by atoms with Crippen molar-refractivity contribution < 1.29 is 9.18 Å². The molecule has 0 bridgehead atoms. The monoisotopic (exact) mass is 194 g/mol. The molecule has 0 fully saturated rings. The highest BCUT2D eigenvalue weighted by Gasteiger charge is 2.08. The molecule has 0 radical (unpaired) electrons. The van der Waals surface area contributed by atoms with E-state index >= 15 is 0 Å². The van der Waals surface area contributed by atoms with E-state index in [1.54, 1.807) is 6.07 Å². The third-order valence-electron chi connectivity index (χ3n) is 2.06. The fraction of sp³-hybridized carbons (Fsp3) is 0.417. The van der Waals surface area contributed by atoms with Crippen LogP contribution >= 0.6 is 0 Å². The number of Topliss-reactive ketones (excluding diaryl/α,β-unsaturated/α-hetero) is 1. The first-order chi connectivity index (χ1) is 6.50. The Morgan fingerprint density at radius 2 is 2.07 bits per heavy atom. The van der Waals surface area contributed by atoms with Gasteiger partial charge in [0.15, 0.2) is 5.78 Å². The molecule has 0 aliphatic carbocycles. The predicted molar refractivity (Wildman–Crippen MR) is 54.9 cm³/mol. The van der Waals surface area contributed by atoms with Crippen LogP contribution in [-0.2, 0) is 6.42 Å². The van der Waals surface area contributed by atoms with Gasteiger partial charge in [-0.05, 0) is 37.0 Å². The fourth-order valence-electron chi connectivity index (χ4n) is 1.44. The Morgan fingerprint density at radius 3 is 2.50 bits per heavy atom. The van der Waals surface area contributed by atoms with Crippen LogP contribution in [0.2, 0.25) is 0 Å². The zero-order valence-electron chi connectivity index (χ0n) is 8.80. The molecule has 0 aliphatic rings. The summed E-state index contributed by atoms with van der Waals surface area (Å²) in [4.78, 5) is 11.0. The molecule has 1 aromatic carbocycles. The van der Waals surface area contributed by atoms with Gasteiger partial charge in [-0.15, -0.1) is 0 Å². The Hall–Kier alpha value is -1.18. The van der Waals surface area contributed by atoms with Crippen LogP contribution in [0.25, 0.3) is 0 Å². The minimum absolute atomic E-state index is 0.178. The lowest BCUT2D eigenvalue weighted by Crippen LogP contribution is -2.00. The van der Waals surface area contributed by atoms with E-state index in [-0.39, 0.29) is 11.3 Å². The highest BCUT2D eigenvalue weighted by atomic mass is 19.1. The lowest BCUT2D eigenvalue weighted by atomic mass is 10.0. The van der Waals surface area contributed by atoms with Gasteiger partial charge in [0.05, 0.1) is 5.56 Å². The molecule has 1 aromatic rings. The number of rotatable bonds is 3. The lowest BCUT2D eigenvalue weighted by molar-refractivity contribution is 0.101. The van der Waals surface area contributed by atoms with E-state index in [4.69, 9.17) is 0 Å². The Balaban J connectivity index is 2.94. The van der Waals surface area contributed by atoms with Crippen LogP contribution in [0.3, 0.4) is 0 Å². The summed E-state index contributed by atoms with van der Waals surface area (Å²) in [5.41, 5.74) is 1.13. The number of carbonyl (C=O) groups excluding carboxylic acids is 1. The Labute approximate surface area is 83.9 Å². The number of benzene rings is 1. The molecule has 1 nitrogen and oxygen atoms in total. The molecule has 0 N–H and O–H groups in total. The van der Waals surface area contributed by atoms with E-state index in [1.165, 1.54) is 13.0 Å². The molecule has 2 heteroatoms. The predicted octanol–water partition coefficient (Wildman–Crippen LogP) is 3.23. The van der Waals surface area contributed by atoms with Gasteiger partial charge in [0.1, 0.15) is 5.82 Å². The maximum absolute atomic E-state index is 13.3. The van der Waals surface area contributed by atoms with Crippen LogP contribution < -0.4 is 0 Å². The molecule has 0 saturated heterocycles. The molecule has 0 atom stereocenters. The minimum atomic E-state index is -0.407. The second-order valence-corrected chi connectivity index (χ2v) is 3.97. The van der Waals surface area contributed by atoms with Crippen LogP contribution in [0.1, 0.15) is 36.7 Å². The fourth-order valence-corrected chi connectivity index (χ4v) is 1.44. The van der Waals surface area contributed by atoms with Crippen LogP contribution in [-0.4, -0.2) is 5.78 Å². The van der Waals surface area contributed by atoms with Gasteiger partial charge in [-0.3, -0.25) is 4.79 Å². The number of halogens is 1. The maximum atomic E-state index is 13.3. The third-order valence-corrected chi connectivity index (χ3v) is 2.06. The quantitative estimate of drug-likeness (QED) is 0.675. The van der Waals surface area contributed by atoms with E-state index in [0.29, 0.717) is 5.92 Å². The highest BCUT2D eigenvalue weighted by Crippen LogP contribution is 2.14. The van der Waals surface area contributed by atoms with Crippen molar-refractivity contribution in [2.24, 2.45) is 5.92 Å². The Morgan fingerprint density at radius 1 is 1.43 bits per heavy atom. The van der Waals surface area contributed by atoms with Crippen molar-refractivity contribution in [3.05, 3.63) is 35.1 Å². The average Bonchev–Trinajstić information content (AvgIpc) is 2.01. The summed E-state index contributed by atoms with van der Waals surface area (Å²) in [5, 5.41) is 0. The SMILES string of the molecule is CC(=O)c1ccc(CC(C)C)cc1F. The second kappa shape index (κ2) is 4.36. The largest absolute Gasteiger partial charge is 0.294 e. The van der Waals surface area contributed by atoms with Crippen molar-refractivity contribution in [2.75, 3.05) is 0 Å². The normalized spacial score (nSPS) is 10.6. The summed E-state index contributed by atoms with van der Waals surface area (Å²) in [5.74, 6) is -0.133. The molecule has 0 unspecified atom stereocenters. The third kappa shape index (κ3) is 2.66. The van der Waals surface area contributed by atoms with Gasteiger partial charge in [0.25, 0.3) is 0 Å². The topological polar surface area (TPSA) is 17.1 Å². The summed E-state index contributed by atoms with van der Waals surface area (Å²) in [7, 11) is 0. The van der Waals surface area contributed by atoms with Crippen LogP contribution in [0.5, 0.6) is 0 Å². The van der Waals surface area contributed by atoms with Gasteiger partial charge < -0.3 is 0 Å². The maximum Gasteiger partial charge on any atom is 0.162 e. The van der Waals surface area contributed by atoms with Gasteiger partial charge >= 0.3 is 0 Å². The number of carbonyl (C=O) groups is 1. The number of hydrogen-bond acceptors (Lipinski definition) is 1. The summed E-state index contributed by atoms with van der Waals surface area (Å²) in [6.45, 7) is 5.54. The van der Waals surface area contributed by atoms with Crippen molar-refractivity contribution in [3.8, 4) is 0 Å². The lowest BCUT2D eigenvalue weighted by Gasteiger charge is -2.06. The second-order valence-electron chi connectivity index (χ2n) is 3.97. The molecule has 0 aliphatic heterocycles. The van der Waals surface area contributed by atoms with Crippen LogP contribution in [0.15, 0.2) is 18.2 Å². The van der Waals surface area contributed by atoms with E-state index in [9.17, 15) is 9.18 Å².